The van der Waals surface area contributed by atoms with Gasteiger partial charge in [0.2, 0.25) is 0 Å². The molecule has 0 spiro atoms. The maximum atomic E-state index is 14.1. The molecule has 3 N–H and O–H groups in total. The summed E-state index contributed by atoms with van der Waals surface area (Å²) in [6.45, 7) is 3.52. The molecular formula is C19H22FN5O. The van der Waals surface area contributed by atoms with Crippen molar-refractivity contribution in [1.82, 2.24) is 20.1 Å². The van der Waals surface area contributed by atoms with Gasteiger partial charge in [-0.3, -0.25) is 15.0 Å². The van der Waals surface area contributed by atoms with Gasteiger partial charge in [-0.1, -0.05) is 6.07 Å². The van der Waals surface area contributed by atoms with E-state index >= 15 is 0 Å². The van der Waals surface area contributed by atoms with Gasteiger partial charge in [0.05, 0.1) is 23.2 Å². The summed E-state index contributed by atoms with van der Waals surface area (Å²) in [6, 6.07) is 9.14. The smallest absolute Gasteiger partial charge is 0.156 e. The predicted octanol–water partition coefficient (Wildman–Crippen LogP) is 2.97. The minimum absolute atomic E-state index is 0.171. The fraction of sp³-hybridized carbons (Fsp3) is 0.368. The summed E-state index contributed by atoms with van der Waals surface area (Å²) in [7, 11) is 0. The molecule has 3 aromatic rings. The Labute approximate surface area is 151 Å². The lowest BCUT2D eigenvalue weighted by Crippen LogP contribution is -2.35. The molecule has 0 bridgehead atoms. The second kappa shape index (κ2) is 7.29. The number of hydrogen-bond acceptors (Lipinski definition) is 5. The number of nitrogen functional groups attached to an aromatic ring is 1. The van der Waals surface area contributed by atoms with Gasteiger partial charge < -0.3 is 10.5 Å². The van der Waals surface area contributed by atoms with Gasteiger partial charge in [0.15, 0.2) is 5.82 Å². The molecule has 0 amide bonds. The first kappa shape index (κ1) is 16.8. The number of anilines is 1. The van der Waals surface area contributed by atoms with E-state index in [0.717, 1.165) is 38.2 Å². The summed E-state index contributed by atoms with van der Waals surface area (Å²) in [5, 5.41) is 6.88. The predicted molar refractivity (Wildman–Crippen MR) is 98.2 cm³/mol. The number of rotatable bonds is 5. The van der Waals surface area contributed by atoms with Crippen molar-refractivity contribution in [1.29, 1.82) is 0 Å². The molecule has 1 aliphatic heterocycles. The number of aromatic amines is 1. The van der Waals surface area contributed by atoms with E-state index < -0.39 is 5.82 Å². The average Bonchev–Trinajstić information content (AvgIpc) is 3.03. The molecule has 7 heteroatoms. The van der Waals surface area contributed by atoms with Crippen LogP contribution in [0.5, 0.6) is 5.75 Å². The van der Waals surface area contributed by atoms with Gasteiger partial charge in [-0.05, 0) is 44.0 Å². The van der Waals surface area contributed by atoms with Gasteiger partial charge in [-0.15, -0.1) is 0 Å². The van der Waals surface area contributed by atoms with Crippen LogP contribution in [0.4, 0.5) is 10.2 Å². The van der Waals surface area contributed by atoms with Crippen LogP contribution in [-0.4, -0.2) is 39.8 Å². The van der Waals surface area contributed by atoms with E-state index in [1.807, 2.05) is 18.3 Å². The average molecular weight is 355 g/mol. The van der Waals surface area contributed by atoms with Gasteiger partial charge in [0.1, 0.15) is 11.6 Å². The number of nitrogens with two attached hydrogens (primary N) is 1. The fourth-order valence-corrected chi connectivity index (χ4v) is 3.44. The summed E-state index contributed by atoms with van der Waals surface area (Å²) in [6.07, 6.45) is 3.96. The summed E-state index contributed by atoms with van der Waals surface area (Å²) < 4.78 is 20.0. The topological polar surface area (TPSA) is 80.1 Å². The first-order valence-electron chi connectivity index (χ1n) is 8.87. The van der Waals surface area contributed by atoms with Crippen LogP contribution in [0.3, 0.4) is 0 Å². The summed E-state index contributed by atoms with van der Waals surface area (Å²) >= 11 is 0. The Morgan fingerprint density at radius 3 is 2.88 bits per heavy atom. The highest BCUT2D eigenvalue weighted by Gasteiger charge is 2.20. The van der Waals surface area contributed by atoms with Crippen molar-refractivity contribution in [3.63, 3.8) is 0 Å². The number of nitrogens with zero attached hydrogens (tertiary/aromatic N) is 3. The Bertz CT molecular complexity index is 874. The van der Waals surface area contributed by atoms with Gasteiger partial charge >= 0.3 is 0 Å². The number of halogens is 1. The Morgan fingerprint density at radius 1 is 1.27 bits per heavy atom. The zero-order valence-electron chi connectivity index (χ0n) is 14.5. The van der Waals surface area contributed by atoms with Crippen LogP contribution >= 0.6 is 0 Å². The zero-order valence-corrected chi connectivity index (χ0v) is 14.5. The van der Waals surface area contributed by atoms with Gasteiger partial charge in [0.25, 0.3) is 0 Å². The first-order valence-corrected chi connectivity index (χ1v) is 8.87. The molecule has 1 aromatic carbocycles. The van der Waals surface area contributed by atoms with E-state index in [9.17, 15) is 4.39 Å². The van der Waals surface area contributed by atoms with Crippen molar-refractivity contribution in [3.8, 4) is 5.75 Å². The second-order valence-corrected chi connectivity index (χ2v) is 6.79. The normalized spacial score (nSPS) is 16.2. The van der Waals surface area contributed by atoms with E-state index in [0.29, 0.717) is 29.2 Å². The highest BCUT2D eigenvalue weighted by atomic mass is 19.1. The van der Waals surface area contributed by atoms with Crippen LogP contribution in [-0.2, 0) is 6.54 Å². The molecule has 3 heterocycles. The molecule has 136 valence electrons. The molecule has 26 heavy (non-hydrogen) atoms. The maximum absolute atomic E-state index is 14.1. The molecule has 1 fully saturated rings. The molecule has 0 atom stereocenters. The number of H-pyrrole nitrogens is 1. The first-order chi connectivity index (χ1) is 12.7. The number of pyridine rings is 1. The number of likely N-dealkylation sites (tertiary alicyclic amines) is 1. The molecule has 1 saturated heterocycles. The Kier molecular flexibility index (Phi) is 4.71. The summed E-state index contributed by atoms with van der Waals surface area (Å²) in [4.78, 5) is 6.80. The van der Waals surface area contributed by atoms with E-state index in [4.69, 9.17) is 10.5 Å². The largest absolute Gasteiger partial charge is 0.493 e. The number of aromatic nitrogens is 3. The molecular weight excluding hydrogens is 333 g/mol. The van der Waals surface area contributed by atoms with Gasteiger partial charge in [-0.2, -0.15) is 5.10 Å². The van der Waals surface area contributed by atoms with Crippen LogP contribution in [0.2, 0.25) is 0 Å². The highest BCUT2D eigenvalue weighted by molar-refractivity contribution is 5.90. The molecule has 2 aromatic heterocycles. The second-order valence-electron chi connectivity index (χ2n) is 6.79. The van der Waals surface area contributed by atoms with Crippen LogP contribution in [0.1, 0.15) is 18.5 Å². The van der Waals surface area contributed by atoms with Crippen LogP contribution < -0.4 is 10.5 Å². The fourth-order valence-electron chi connectivity index (χ4n) is 3.44. The number of ether oxygens (including phenoxy) is 1. The third-order valence-corrected chi connectivity index (χ3v) is 4.92. The molecule has 6 nitrogen and oxygen atoms in total. The van der Waals surface area contributed by atoms with E-state index in [-0.39, 0.29) is 5.82 Å². The lowest BCUT2D eigenvalue weighted by atomic mass is 9.97. The molecule has 0 unspecified atom stereocenters. The quantitative estimate of drug-likeness (QED) is 0.735. The number of hydrogen-bond donors (Lipinski definition) is 2. The van der Waals surface area contributed by atoms with Gasteiger partial charge in [-0.25, -0.2) is 4.39 Å². The third kappa shape index (κ3) is 3.62. The molecule has 0 saturated carbocycles. The van der Waals surface area contributed by atoms with Crippen molar-refractivity contribution >= 4 is 16.7 Å². The van der Waals surface area contributed by atoms with E-state index in [2.05, 4.69) is 26.1 Å². The van der Waals surface area contributed by atoms with Crippen LogP contribution in [0.15, 0.2) is 36.5 Å². The van der Waals surface area contributed by atoms with Gasteiger partial charge in [0, 0.05) is 24.9 Å². The number of nitrogens with one attached hydrogen (secondary N) is 1. The van der Waals surface area contributed by atoms with Crippen LogP contribution in [0, 0.1) is 11.7 Å². The number of piperidine rings is 1. The van der Waals surface area contributed by atoms with Crippen molar-refractivity contribution in [2.75, 3.05) is 25.4 Å². The minimum atomic E-state index is -0.408. The molecule has 4 rings (SSSR count). The number of benzene rings is 1. The minimum Gasteiger partial charge on any atom is -0.493 e. The monoisotopic (exact) mass is 355 g/mol. The summed E-state index contributed by atoms with van der Waals surface area (Å²) in [5.41, 5.74) is 7.31. The standard InChI is InChI=1S/C19H22FN5O/c20-16-9-15(10-17-18(16)19(21)24-23-17)26-12-13-4-7-25(8-5-13)11-14-3-1-2-6-22-14/h1-3,6,9-10,13H,4-5,7-8,11-12H2,(H3,21,23,24). The summed E-state index contributed by atoms with van der Waals surface area (Å²) in [5.74, 6) is 0.744. The lowest BCUT2D eigenvalue weighted by molar-refractivity contribution is 0.135. The molecule has 0 aliphatic carbocycles. The van der Waals surface area contributed by atoms with Crippen molar-refractivity contribution < 1.29 is 9.13 Å². The van der Waals surface area contributed by atoms with Crippen molar-refractivity contribution in [2.45, 2.75) is 19.4 Å². The van der Waals surface area contributed by atoms with Crippen LogP contribution in [0.25, 0.3) is 10.9 Å². The molecule has 0 radical (unpaired) electrons. The highest BCUT2D eigenvalue weighted by Crippen LogP contribution is 2.27. The third-order valence-electron chi connectivity index (χ3n) is 4.92. The Morgan fingerprint density at radius 2 is 2.12 bits per heavy atom. The lowest BCUT2D eigenvalue weighted by Gasteiger charge is -2.31. The van der Waals surface area contributed by atoms with E-state index in [1.165, 1.54) is 6.07 Å². The zero-order chi connectivity index (χ0) is 17.9. The Balaban J connectivity index is 1.30. The maximum Gasteiger partial charge on any atom is 0.156 e. The molecule has 1 aliphatic rings. The number of fused-ring (bicyclic) bond motifs is 1. The Hall–Kier alpha value is -2.67. The van der Waals surface area contributed by atoms with Crippen molar-refractivity contribution in [2.24, 2.45) is 5.92 Å². The SMILES string of the molecule is Nc1n[nH]c2cc(OCC3CCN(Cc4ccccn4)CC3)cc(F)c12. The van der Waals surface area contributed by atoms with Crippen molar-refractivity contribution in [3.05, 3.63) is 48.0 Å². The van der Waals surface area contributed by atoms with E-state index in [1.54, 1.807) is 6.07 Å².